The van der Waals surface area contributed by atoms with Gasteiger partial charge in [-0.15, -0.1) is 0 Å². The summed E-state index contributed by atoms with van der Waals surface area (Å²) in [4.78, 5) is 12.1. The number of sulfone groups is 1. The summed E-state index contributed by atoms with van der Waals surface area (Å²) >= 11 is 0. The highest BCUT2D eigenvalue weighted by atomic mass is 32.2. The number of carbonyl (C=O) groups excluding carboxylic acids is 1. The molecule has 134 valence electrons. The first kappa shape index (κ1) is 18.6. The minimum absolute atomic E-state index is 0.0404. The second-order valence-electron chi connectivity index (χ2n) is 5.66. The number of benzene rings is 1. The zero-order chi connectivity index (χ0) is 18.0. The maximum Gasteiger partial charge on any atom is 0.416 e. The van der Waals surface area contributed by atoms with E-state index in [1.165, 1.54) is 0 Å². The van der Waals surface area contributed by atoms with E-state index in [1.807, 2.05) is 0 Å². The van der Waals surface area contributed by atoms with Crippen LogP contribution in [-0.4, -0.2) is 32.4 Å². The van der Waals surface area contributed by atoms with Gasteiger partial charge in [0.15, 0.2) is 9.84 Å². The maximum atomic E-state index is 12.8. The van der Waals surface area contributed by atoms with Crippen LogP contribution in [-0.2, 0) is 20.8 Å². The van der Waals surface area contributed by atoms with Gasteiger partial charge in [0.1, 0.15) is 5.75 Å². The summed E-state index contributed by atoms with van der Waals surface area (Å²) < 4.78 is 66.5. The molecular formula is C15H18F3NO4S. The molecule has 0 saturated carbocycles. The Morgan fingerprint density at radius 1 is 1.38 bits per heavy atom. The van der Waals surface area contributed by atoms with E-state index in [9.17, 15) is 26.4 Å². The molecule has 5 nitrogen and oxygen atoms in total. The standard InChI is InChI=1S/C15H18F3NO4S/c1-2-23-13-4-3-11(15(16,17)18)8-12(13)19-14(20)7-10-5-6-24(21,22)9-10/h3-4,8,10H,2,5-7,9H2,1H3,(H,19,20). The lowest BCUT2D eigenvalue weighted by molar-refractivity contribution is -0.137. The first-order valence-electron chi connectivity index (χ1n) is 7.45. The maximum absolute atomic E-state index is 12.8. The molecule has 1 heterocycles. The molecule has 1 atom stereocenters. The molecule has 1 aliphatic heterocycles. The lowest BCUT2D eigenvalue weighted by Crippen LogP contribution is -2.18. The van der Waals surface area contributed by atoms with Crippen LogP contribution in [0.25, 0.3) is 0 Å². The van der Waals surface area contributed by atoms with Crippen molar-refractivity contribution >= 4 is 21.4 Å². The molecule has 0 bridgehead atoms. The summed E-state index contributed by atoms with van der Waals surface area (Å²) in [6.45, 7) is 1.90. The molecule has 0 aliphatic carbocycles. The van der Waals surface area contributed by atoms with Gasteiger partial charge in [-0.25, -0.2) is 8.42 Å². The molecule has 9 heteroatoms. The van der Waals surface area contributed by atoms with Crippen LogP contribution >= 0.6 is 0 Å². The van der Waals surface area contributed by atoms with E-state index in [4.69, 9.17) is 4.74 Å². The van der Waals surface area contributed by atoms with Gasteiger partial charge in [-0.05, 0) is 37.5 Å². The molecule has 0 aromatic heterocycles. The van der Waals surface area contributed by atoms with E-state index in [0.29, 0.717) is 6.42 Å². The van der Waals surface area contributed by atoms with Crippen molar-refractivity contribution in [2.24, 2.45) is 5.92 Å². The summed E-state index contributed by atoms with van der Waals surface area (Å²) in [5.41, 5.74) is -0.970. The van der Waals surface area contributed by atoms with Crippen LogP contribution in [0.1, 0.15) is 25.3 Å². The SMILES string of the molecule is CCOc1ccc(C(F)(F)F)cc1NC(=O)CC1CCS(=O)(=O)C1. The van der Waals surface area contributed by atoms with Crippen LogP contribution in [0.3, 0.4) is 0 Å². The van der Waals surface area contributed by atoms with Crippen molar-refractivity contribution < 1.29 is 31.1 Å². The number of ether oxygens (including phenoxy) is 1. The molecule has 1 aromatic rings. The molecule has 1 N–H and O–H groups in total. The average molecular weight is 365 g/mol. The summed E-state index contributed by atoms with van der Waals surface area (Å²) in [6.07, 6.45) is -4.21. The van der Waals surface area contributed by atoms with Crippen LogP contribution in [0.2, 0.25) is 0 Å². The molecule has 1 amide bonds. The van der Waals surface area contributed by atoms with E-state index in [2.05, 4.69) is 5.32 Å². The van der Waals surface area contributed by atoms with Crippen molar-refractivity contribution in [1.29, 1.82) is 0 Å². The summed E-state index contributed by atoms with van der Waals surface area (Å²) in [5.74, 6) is -0.730. The van der Waals surface area contributed by atoms with Gasteiger partial charge in [-0.1, -0.05) is 0 Å². The van der Waals surface area contributed by atoms with Crippen molar-refractivity contribution in [2.75, 3.05) is 23.4 Å². The number of anilines is 1. The number of amides is 1. The highest BCUT2D eigenvalue weighted by molar-refractivity contribution is 7.91. The Morgan fingerprint density at radius 2 is 2.08 bits per heavy atom. The molecule has 0 radical (unpaired) electrons. The molecule has 0 spiro atoms. The van der Waals surface area contributed by atoms with Crippen molar-refractivity contribution in [3.8, 4) is 5.75 Å². The first-order valence-corrected chi connectivity index (χ1v) is 9.27. The Balaban J connectivity index is 2.13. The van der Waals surface area contributed by atoms with Crippen LogP contribution in [0.5, 0.6) is 5.75 Å². The second kappa shape index (κ2) is 7.00. The Morgan fingerprint density at radius 3 is 2.62 bits per heavy atom. The summed E-state index contributed by atoms with van der Waals surface area (Å²) in [5, 5.41) is 2.40. The van der Waals surface area contributed by atoms with Gasteiger partial charge in [0, 0.05) is 6.42 Å². The molecule has 1 fully saturated rings. The highest BCUT2D eigenvalue weighted by Crippen LogP contribution is 2.35. The quantitative estimate of drug-likeness (QED) is 0.871. The van der Waals surface area contributed by atoms with Crippen molar-refractivity contribution in [2.45, 2.75) is 25.9 Å². The number of nitrogens with one attached hydrogen (secondary N) is 1. The molecule has 2 rings (SSSR count). The summed E-state index contributed by atoms with van der Waals surface area (Å²) in [6, 6.07) is 2.85. The fourth-order valence-corrected chi connectivity index (χ4v) is 4.44. The number of rotatable bonds is 5. The predicted octanol–water partition coefficient (Wildman–Crippen LogP) is 2.87. The van der Waals surface area contributed by atoms with Crippen LogP contribution < -0.4 is 10.1 Å². The third-order valence-electron chi connectivity index (χ3n) is 3.68. The monoisotopic (exact) mass is 365 g/mol. The lowest BCUT2D eigenvalue weighted by atomic mass is 10.0. The number of alkyl halides is 3. The minimum Gasteiger partial charge on any atom is -0.492 e. The number of carbonyl (C=O) groups is 1. The smallest absolute Gasteiger partial charge is 0.416 e. The second-order valence-corrected chi connectivity index (χ2v) is 7.89. The lowest BCUT2D eigenvalue weighted by Gasteiger charge is -2.15. The summed E-state index contributed by atoms with van der Waals surface area (Å²) in [7, 11) is -3.11. The van der Waals surface area contributed by atoms with Gasteiger partial charge in [0.2, 0.25) is 5.91 Å². The normalized spacial score (nSPS) is 19.9. The van der Waals surface area contributed by atoms with E-state index in [1.54, 1.807) is 6.92 Å². The van der Waals surface area contributed by atoms with Gasteiger partial charge < -0.3 is 10.1 Å². The Hall–Kier alpha value is -1.77. The highest BCUT2D eigenvalue weighted by Gasteiger charge is 2.32. The Labute approximate surface area is 138 Å². The van der Waals surface area contributed by atoms with Gasteiger partial charge in [0.05, 0.1) is 29.4 Å². The molecule has 1 aliphatic rings. The third-order valence-corrected chi connectivity index (χ3v) is 5.52. The zero-order valence-corrected chi connectivity index (χ0v) is 13.8. The molecular weight excluding hydrogens is 347 g/mol. The average Bonchev–Trinajstić information content (AvgIpc) is 2.78. The zero-order valence-electron chi connectivity index (χ0n) is 13.0. The van der Waals surface area contributed by atoms with Gasteiger partial charge in [0.25, 0.3) is 0 Å². The predicted molar refractivity (Wildman–Crippen MR) is 82.6 cm³/mol. The fourth-order valence-electron chi connectivity index (χ4n) is 2.58. The molecule has 1 saturated heterocycles. The molecule has 24 heavy (non-hydrogen) atoms. The fraction of sp³-hybridized carbons (Fsp3) is 0.533. The van der Waals surface area contributed by atoms with Crippen LogP contribution in [0, 0.1) is 5.92 Å². The number of halogens is 3. The Kier molecular flexibility index (Phi) is 5.42. The van der Waals surface area contributed by atoms with Crippen LogP contribution in [0.15, 0.2) is 18.2 Å². The van der Waals surface area contributed by atoms with Gasteiger partial charge in [-0.2, -0.15) is 13.2 Å². The number of hydrogen-bond donors (Lipinski definition) is 1. The third kappa shape index (κ3) is 4.86. The first-order chi connectivity index (χ1) is 11.1. The van der Waals surface area contributed by atoms with Gasteiger partial charge in [-0.3, -0.25) is 4.79 Å². The van der Waals surface area contributed by atoms with E-state index >= 15 is 0 Å². The van der Waals surface area contributed by atoms with E-state index < -0.39 is 27.5 Å². The van der Waals surface area contributed by atoms with Crippen molar-refractivity contribution in [1.82, 2.24) is 0 Å². The number of hydrogen-bond acceptors (Lipinski definition) is 4. The largest absolute Gasteiger partial charge is 0.492 e. The minimum atomic E-state index is -4.54. The molecule has 1 aromatic carbocycles. The van der Waals surface area contributed by atoms with Gasteiger partial charge >= 0.3 is 6.18 Å². The van der Waals surface area contributed by atoms with Crippen LogP contribution in [0.4, 0.5) is 18.9 Å². The van der Waals surface area contributed by atoms with Crippen molar-refractivity contribution in [3.05, 3.63) is 23.8 Å². The van der Waals surface area contributed by atoms with E-state index in [-0.39, 0.29) is 41.9 Å². The Bertz CT molecular complexity index is 716. The van der Waals surface area contributed by atoms with E-state index in [0.717, 1.165) is 18.2 Å². The van der Waals surface area contributed by atoms with Crippen molar-refractivity contribution in [3.63, 3.8) is 0 Å². The topological polar surface area (TPSA) is 72.5 Å². The molecule has 1 unspecified atom stereocenters.